The predicted octanol–water partition coefficient (Wildman–Crippen LogP) is 6.17. The molecule has 1 atom stereocenters. The van der Waals surface area contributed by atoms with Gasteiger partial charge in [0.2, 0.25) is 11.8 Å². The molecule has 2 aromatic heterocycles. The zero-order valence-corrected chi connectivity index (χ0v) is 24.1. The number of benzene rings is 3. The molecule has 0 aliphatic carbocycles. The molecule has 214 valence electrons. The SMILES string of the molecule is COc1ccccc1NC(=O)C(C(N)=O)c1ccc(Oc2ccnc3cc(-c4cccc(CN(C)C)c4)sc23)c(F)c1. The van der Waals surface area contributed by atoms with Crippen molar-refractivity contribution in [1.82, 2.24) is 9.88 Å². The lowest BCUT2D eigenvalue weighted by molar-refractivity contribution is -0.127. The molecule has 5 aromatic rings. The minimum absolute atomic E-state index is 0.0671. The Morgan fingerprint density at radius 3 is 2.55 bits per heavy atom. The number of pyridine rings is 1. The van der Waals surface area contributed by atoms with E-state index in [0.29, 0.717) is 17.2 Å². The van der Waals surface area contributed by atoms with Crippen molar-refractivity contribution >= 4 is 39.1 Å². The number of methoxy groups -OCH3 is 1. The van der Waals surface area contributed by atoms with Crippen LogP contribution in [0.1, 0.15) is 17.0 Å². The van der Waals surface area contributed by atoms with E-state index in [2.05, 4.69) is 27.3 Å². The van der Waals surface area contributed by atoms with Gasteiger partial charge in [-0.15, -0.1) is 11.3 Å². The maximum atomic E-state index is 15.3. The second-order valence-corrected chi connectivity index (χ2v) is 10.9. The number of nitrogens with one attached hydrogen (secondary N) is 1. The summed E-state index contributed by atoms with van der Waals surface area (Å²) in [6.45, 7) is 0.819. The van der Waals surface area contributed by atoms with Crippen LogP contribution in [-0.2, 0) is 16.1 Å². The van der Waals surface area contributed by atoms with Crippen LogP contribution in [0.5, 0.6) is 17.2 Å². The normalized spacial score (nSPS) is 11.8. The number of aromatic nitrogens is 1. The highest BCUT2D eigenvalue weighted by atomic mass is 32.1. The van der Waals surface area contributed by atoms with E-state index < -0.39 is 23.5 Å². The summed E-state index contributed by atoms with van der Waals surface area (Å²) in [5.74, 6) is -3.04. The van der Waals surface area contributed by atoms with Gasteiger partial charge in [-0.1, -0.05) is 36.4 Å². The van der Waals surface area contributed by atoms with Crippen molar-refractivity contribution in [1.29, 1.82) is 0 Å². The van der Waals surface area contributed by atoms with E-state index in [1.807, 2.05) is 32.3 Å². The third-order valence-corrected chi connectivity index (χ3v) is 7.69. The first-order valence-corrected chi connectivity index (χ1v) is 13.9. The number of carbonyl (C=O) groups excluding carboxylic acids is 2. The number of nitrogens with two attached hydrogens (primary N) is 1. The zero-order valence-electron chi connectivity index (χ0n) is 23.3. The van der Waals surface area contributed by atoms with Gasteiger partial charge in [-0.2, -0.15) is 0 Å². The molecule has 0 saturated carbocycles. The molecule has 0 fully saturated rings. The van der Waals surface area contributed by atoms with Gasteiger partial charge in [0.1, 0.15) is 17.4 Å². The molecule has 8 nitrogen and oxygen atoms in total. The smallest absolute Gasteiger partial charge is 0.241 e. The molecule has 10 heteroatoms. The van der Waals surface area contributed by atoms with Crippen LogP contribution in [0.2, 0.25) is 0 Å². The highest BCUT2D eigenvalue weighted by molar-refractivity contribution is 7.22. The van der Waals surface area contributed by atoms with Gasteiger partial charge in [-0.25, -0.2) is 4.39 Å². The molecule has 3 aromatic carbocycles. The number of hydrogen-bond acceptors (Lipinski definition) is 7. The molecule has 0 aliphatic rings. The maximum Gasteiger partial charge on any atom is 0.241 e. The Morgan fingerprint density at radius 1 is 1.00 bits per heavy atom. The molecular formula is C32H29FN4O4S. The first-order valence-electron chi connectivity index (χ1n) is 13.1. The summed E-state index contributed by atoms with van der Waals surface area (Å²) < 4.78 is 27.3. The van der Waals surface area contributed by atoms with E-state index in [1.54, 1.807) is 36.5 Å². The highest BCUT2D eigenvalue weighted by Gasteiger charge is 2.28. The molecule has 0 spiro atoms. The van der Waals surface area contributed by atoms with E-state index in [0.717, 1.165) is 33.3 Å². The molecule has 1 unspecified atom stereocenters. The van der Waals surface area contributed by atoms with Crippen LogP contribution < -0.4 is 20.5 Å². The monoisotopic (exact) mass is 584 g/mol. The van der Waals surface area contributed by atoms with Crippen molar-refractivity contribution in [3.05, 3.63) is 102 Å². The molecule has 0 bridgehead atoms. The fraction of sp³-hybridized carbons (Fsp3) is 0.156. The summed E-state index contributed by atoms with van der Waals surface area (Å²) in [5.41, 5.74) is 8.98. The van der Waals surface area contributed by atoms with Crippen LogP contribution >= 0.6 is 11.3 Å². The zero-order chi connectivity index (χ0) is 29.8. The molecule has 0 saturated heterocycles. The number of ether oxygens (including phenoxy) is 2. The van der Waals surface area contributed by atoms with Crippen LogP contribution in [0.4, 0.5) is 10.1 Å². The Hall–Kier alpha value is -4.80. The lowest BCUT2D eigenvalue weighted by atomic mass is 9.97. The van der Waals surface area contributed by atoms with Gasteiger partial charge < -0.3 is 25.4 Å². The largest absolute Gasteiger partial charge is 0.495 e. The number of carbonyl (C=O) groups is 2. The van der Waals surface area contributed by atoms with E-state index in [1.165, 1.54) is 36.1 Å². The number of para-hydroxylation sites is 2. The number of anilines is 1. The van der Waals surface area contributed by atoms with Gasteiger partial charge in [0.25, 0.3) is 0 Å². The van der Waals surface area contributed by atoms with Gasteiger partial charge in [0, 0.05) is 23.7 Å². The van der Waals surface area contributed by atoms with Gasteiger partial charge >= 0.3 is 0 Å². The third-order valence-electron chi connectivity index (χ3n) is 6.51. The second kappa shape index (κ2) is 12.4. The van der Waals surface area contributed by atoms with Crippen LogP contribution in [-0.4, -0.2) is 42.9 Å². The number of fused-ring (bicyclic) bond motifs is 1. The van der Waals surface area contributed by atoms with Gasteiger partial charge in [-0.3, -0.25) is 14.6 Å². The topological polar surface area (TPSA) is 107 Å². The number of hydrogen-bond donors (Lipinski definition) is 2. The summed E-state index contributed by atoms with van der Waals surface area (Å²) >= 11 is 1.50. The summed E-state index contributed by atoms with van der Waals surface area (Å²) in [7, 11) is 5.51. The molecule has 0 radical (unpaired) electrons. The van der Waals surface area contributed by atoms with Gasteiger partial charge in [0.15, 0.2) is 11.6 Å². The average molecular weight is 585 g/mol. The van der Waals surface area contributed by atoms with Crippen LogP contribution in [0, 0.1) is 5.82 Å². The molecule has 2 heterocycles. The number of amides is 2. The summed E-state index contributed by atoms with van der Waals surface area (Å²) in [6.07, 6.45) is 1.61. The molecule has 3 N–H and O–H groups in total. The van der Waals surface area contributed by atoms with Crippen molar-refractivity contribution in [2.45, 2.75) is 12.5 Å². The molecular weight excluding hydrogens is 555 g/mol. The number of nitrogens with zero attached hydrogens (tertiary/aromatic N) is 2. The fourth-order valence-corrected chi connectivity index (χ4v) is 5.68. The lowest BCUT2D eigenvalue weighted by Crippen LogP contribution is -2.32. The fourth-order valence-electron chi connectivity index (χ4n) is 4.62. The van der Waals surface area contributed by atoms with Gasteiger partial charge in [0.05, 0.1) is 23.0 Å². The van der Waals surface area contributed by atoms with Crippen molar-refractivity contribution in [3.8, 4) is 27.7 Å². The first kappa shape index (κ1) is 28.7. The standard InChI is InChI=1S/C32H29FN4O4S/c1-37(2)18-19-7-6-8-20(15-19)28-17-24-30(42-28)27(13-14-35-24)41-25-12-11-21(16-22(25)33)29(31(34)38)32(39)36-23-9-4-5-10-26(23)40-3/h4-17,29H,18H2,1-3H3,(H2,34,38)(H,36,39). The number of thiophene rings is 1. The predicted molar refractivity (Wildman–Crippen MR) is 162 cm³/mol. The van der Waals surface area contributed by atoms with E-state index in [4.69, 9.17) is 15.2 Å². The quantitative estimate of drug-likeness (QED) is 0.190. The Morgan fingerprint density at radius 2 is 1.81 bits per heavy atom. The van der Waals surface area contributed by atoms with E-state index in [9.17, 15) is 9.59 Å². The van der Waals surface area contributed by atoms with Crippen LogP contribution in [0.15, 0.2) is 85.1 Å². The van der Waals surface area contributed by atoms with Crippen LogP contribution in [0.25, 0.3) is 20.7 Å². The molecule has 42 heavy (non-hydrogen) atoms. The molecule has 5 rings (SSSR count). The summed E-state index contributed by atoms with van der Waals surface area (Å²) in [5, 5.41) is 2.64. The molecule has 2 amide bonds. The summed E-state index contributed by atoms with van der Waals surface area (Å²) in [6, 6.07) is 22.6. The second-order valence-electron chi connectivity index (χ2n) is 9.89. The Balaban J connectivity index is 1.40. The van der Waals surface area contributed by atoms with Crippen molar-refractivity contribution in [3.63, 3.8) is 0 Å². The van der Waals surface area contributed by atoms with E-state index >= 15 is 4.39 Å². The number of halogens is 1. The number of rotatable bonds is 10. The van der Waals surface area contributed by atoms with Crippen molar-refractivity contribution in [2.24, 2.45) is 5.73 Å². The van der Waals surface area contributed by atoms with Crippen molar-refractivity contribution < 1.29 is 23.5 Å². The Bertz CT molecular complexity index is 1770. The maximum absolute atomic E-state index is 15.3. The molecule has 0 aliphatic heterocycles. The van der Waals surface area contributed by atoms with Gasteiger partial charge in [-0.05, 0) is 67.2 Å². The minimum atomic E-state index is -1.44. The number of primary amides is 1. The Labute approximate surface area is 246 Å². The third kappa shape index (κ3) is 6.24. The minimum Gasteiger partial charge on any atom is -0.495 e. The lowest BCUT2D eigenvalue weighted by Gasteiger charge is -2.16. The van der Waals surface area contributed by atoms with Crippen LogP contribution in [0.3, 0.4) is 0 Å². The van der Waals surface area contributed by atoms with E-state index in [-0.39, 0.29) is 11.3 Å². The highest BCUT2D eigenvalue weighted by Crippen LogP contribution is 2.40. The average Bonchev–Trinajstić information content (AvgIpc) is 3.40. The summed E-state index contributed by atoms with van der Waals surface area (Å²) in [4.78, 5) is 32.9. The Kier molecular flexibility index (Phi) is 8.46. The van der Waals surface area contributed by atoms with Crippen molar-refractivity contribution in [2.75, 3.05) is 26.5 Å². The first-order chi connectivity index (χ1) is 20.2.